The number of hydrogen-bond acceptors (Lipinski definition) is 9. The molecule has 1 atom stereocenters. The highest BCUT2D eigenvalue weighted by molar-refractivity contribution is 8.00. The number of allylic oxidation sites excluding steroid dienone is 3. The molecule has 2 aliphatic rings. The lowest BCUT2D eigenvalue weighted by atomic mass is 9.68. The van der Waals surface area contributed by atoms with Crippen LogP contribution in [-0.2, 0) is 4.79 Å². The zero-order chi connectivity index (χ0) is 23.0. The van der Waals surface area contributed by atoms with Crippen molar-refractivity contribution >= 4 is 34.0 Å². The molecular formula is C23H25N5O2S2. The van der Waals surface area contributed by atoms with E-state index in [0.29, 0.717) is 41.5 Å². The number of aromatic nitrogens is 2. The molecule has 1 aliphatic heterocycles. The quantitative estimate of drug-likeness (QED) is 0.636. The first-order valence-electron chi connectivity index (χ1n) is 10.4. The Kier molecular flexibility index (Phi) is 6.01. The number of hydrogen-bond donors (Lipinski definition) is 1. The Labute approximate surface area is 196 Å². The van der Waals surface area contributed by atoms with Crippen LogP contribution in [-0.4, -0.2) is 28.8 Å². The molecule has 9 heteroatoms. The molecule has 0 radical (unpaired) electrons. The van der Waals surface area contributed by atoms with Gasteiger partial charge in [0.1, 0.15) is 11.6 Å². The maximum absolute atomic E-state index is 13.5. The van der Waals surface area contributed by atoms with Crippen LogP contribution in [0.4, 0.5) is 5.13 Å². The van der Waals surface area contributed by atoms with Crippen LogP contribution < -0.4 is 15.4 Å². The van der Waals surface area contributed by atoms with Gasteiger partial charge in [0.25, 0.3) is 0 Å². The number of nitrogens with zero attached hydrogens (tertiary/aromatic N) is 4. The van der Waals surface area contributed by atoms with Crippen LogP contribution >= 0.6 is 23.1 Å². The molecule has 0 bridgehead atoms. The summed E-state index contributed by atoms with van der Waals surface area (Å²) in [5.41, 5.74) is 9.01. The summed E-state index contributed by atoms with van der Waals surface area (Å²) in [5, 5.41) is 19.2. The number of rotatable bonds is 5. The highest BCUT2D eigenvalue weighted by Crippen LogP contribution is 2.50. The molecule has 1 unspecified atom stereocenters. The summed E-state index contributed by atoms with van der Waals surface area (Å²) >= 11 is 2.89. The lowest BCUT2D eigenvalue weighted by molar-refractivity contribution is -0.118. The molecule has 7 nitrogen and oxygen atoms in total. The van der Waals surface area contributed by atoms with Crippen molar-refractivity contribution < 1.29 is 9.53 Å². The van der Waals surface area contributed by atoms with Crippen molar-refractivity contribution in [2.75, 3.05) is 17.8 Å². The number of thioether (sulfide) groups is 1. The van der Waals surface area contributed by atoms with Crippen molar-refractivity contribution in [3.05, 3.63) is 52.5 Å². The van der Waals surface area contributed by atoms with E-state index in [1.165, 1.54) is 23.1 Å². The molecule has 1 aromatic carbocycles. The first-order valence-corrected chi connectivity index (χ1v) is 12.4. The molecule has 2 N–H and O–H groups in total. The number of benzene rings is 1. The lowest BCUT2D eigenvalue weighted by Gasteiger charge is -2.42. The van der Waals surface area contributed by atoms with Gasteiger partial charge in [-0.25, -0.2) is 0 Å². The fourth-order valence-electron chi connectivity index (χ4n) is 4.36. The van der Waals surface area contributed by atoms with Gasteiger partial charge in [0.05, 0.1) is 24.2 Å². The van der Waals surface area contributed by atoms with E-state index in [1.54, 1.807) is 4.90 Å². The minimum atomic E-state index is -0.515. The fraction of sp³-hybridized carbons (Fsp3) is 0.391. The average molecular weight is 468 g/mol. The van der Waals surface area contributed by atoms with Crippen LogP contribution in [0.25, 0.3) is 0 Å². The molecule has 2 aromatic rings. The van der Waals surface area contributed by atoms with Crippen molar-refractivity contribution in [1.29, 1.82) is 5.26 Å². The van der Waals surface area contributed by atoms with E-state index in [-0.39, 0.29) is 11.2 Å². The maximum Gasteiger partial charge on any atom is 0.219 e. The van der Waals surface area contributed by atoms with Gasteiger partial charge in [-0.1, -0.05) is 49.1 Å². The molecule has 0 saturated heterocycles. The fourth-order valence-corrected chi connectivity index (χ4v) is 5.66. The minimum absolute atomic E-state index is 0.0370. The number of anilines is 1. The van der Waals surface area contributed by atoms with Gasteiger partial charge < -0.3 is 10.5 Å². The van der Waals surface area contributed by atoms with Crippen molar-refractivity contribution in [3.8, 4) is 11.8 Å². The molecule has 0 amide bonds. The van der Waals surface area contributed by atoms with E-state index in [9.17, 15) is 10.1 Å². The summed E-state index contributed by atoms with van der Waals surface area (Å²) in [6.07, 6.45) is 2.99. The molecule has 1 aliphatic carbocycles. The average Bonchev–Trinajstić information content (AvgIpc) is 3.21. The number of ketones is 1. The van der Waals surface area contributed by atoms with Crippen LogP contribution in [0.5, 0.6) is 5.75 Å². The topological polar surface area (TPSA) is 105 Å². The number of ether oxygens (including phenoxy) is 1. The Morgan fingerprint density at radius 2 is 2.03 bits per heavy atom. The second-order valence-corrected chi connectivity index (χ2v) is 10.5. The third kappa shape index (κ3) is 3.89. The third-order valence-corrected chi connectivity index (χ3v) is 7.55. The van der Waals surface area contributed by atoms with Crippen LogP contribution in [0.1, 0.15) is 45.1 Å². The van der Waals surface area contributed by atoms with E-state index < -0.39 is 5.92 Å². The number of nitrogens with two attached hydrogens (primary N) is 1. The van der Waals surface area contributed by atoms with Crippen molar-refractivity contribution in [3.63, 3.8) is 0 Å². The highest BCUT2D eigenvalue weighted by atomic mass is 32.2. The standard InChI is InChI=1S/C23H25N5O2S2/c1-5-30-14-8-6-13(7-9-14)18-15(12-24)20(25)28(21-26-27-22(31-4)32-21)16-10-23(2,3)11-17(29)19(16)18/h6-9,18H,5,10-11,25H2,1-4H3. The summed E-state index contributed by atoms with van der Waals surface area (Å²) in [6.45, 7) is 6.64. The van der Waals surface area contributed by atoms with Gasteiger partial charge in [-0.2, -0.15) is 5.26 Å². The first-order chi connectivity index (χ1) is 15.3. The van der Waals surface area contributed by atoms with Crippen molar-refractivity contribution in [1.82, 2.24) is 10.2 Å². The molecule has 4 rings (SSSR count). The van der Waals surface area contributed by atoms with Gasteiger partial charge in [0.15, 0.2) is 10.1 Å². The predicted molar refractivity (Wildman–Crippen MR) is 126 cm³/mol. The second kappa shape index (κ2) is 8.60. The van der Waals surface area contributed by atoms with Crippen LogP contribution in [0, 0.1) is 16.7 Å². The van der Waals surface area contributed by atoms with E-state index >= 15 is 0 Å². The zero-order valence-electron chi connectivity index (χ0n) is 18.5. The largest absolute Gasteiger partial charge is 0.494 e. The number of Topliss-reactive ketones (excluding diaryl/α,β-unsaturated/α-hetero) is 1. The van der Waals surface area contributed by atoms with Gasteiger partial charge in [-0.05, 0) is 42.7 Å². The van der Waals surface area contributed by atoms with Crippen LogP contribution in [0.15, 0.2) is 51.3 Å². The van der Waals surface area contributed by atoms with Gasteiger partial charge >= 0.3 is 0 Å². The monoisotopic (exact) mass is 467 g/mol. The smallest absolute Gasteiger partial charge is 0.219 e. The van der Waals surface area contributed by atoms with Gasteiger partial charge in [-0.3, -0.25) is 9.69 Å². The predicted octanol–water partition coefficient (Wildman–Crippen LogP) is 4.60. The number of carbonyl (C=O) groups excluding carboxylic acids is 1. The molecule has 1 aromatic heterocycles. The summed E-state index contributed by atoms with van der Waals surface area (Å²) < 4.78 is 6.36. The summed E-state index contributed by atoms with van der Waals surface area (Å²) in [6, 6.07) is 9.83. The Hall–Kier alpha value is -2.83. The second-order valence-electron chi connectivity index (χ2n) is 8.54. The Bertz CT molecular complexity index is 1160. The molecule has 2 heterocycles. The Balaban J connectivity index is 1.92. The Morgan fingerprint density at radius 1 is 1.31 bits per heavy atom. The van der Waals surface area contributed by atoms with Crippen LogP contribution in [0.3, 0.4) is 0 Å². The van der Waals surface area contributed by atoms with Crippen molar-refractivity contribution in [2.24, 2.45) is 11.1 Å². The normalized spacial score (nSPS) is 20.3. The maximum atomic E-state index is 13.5. The SMILES string of the molecule is CCOc1ccc(C2C(C#N)=C(N)N(c3nnc(SC)s3)C3=C2C(=O)CC(C)(C)C3)cc1. The molecule has 32 heavy (non-hydrogen) atoms. The third-order valence-electron chi connectivity index (χ3n) is 5.67. The Morgan fingerprint density at radius 3 is 2.62 bits per heavy atom. The number of nitriles is 1. The van der Waals surface area contributed by atoms with Gasteiger partial charge in [0.2, 0.25) is 5.13 Å². The van der Waals surface area contributed by atoms with Gasteiger partial charge in [-0.15, -0.1) is 10.2 Å². The summed E-state index contributed by atoms with van der Waals surface area (Å²) in [5.74, 6) is 0.570. The van der Waals surface area contributed by atoms with E-state index in [4.69, 9.17) is 10.5 Å². The molecule has 166 valence electrons. The van der Waals surface area contributed by atoms with E-state index in [0.717, 1.165) is 21.3 Å². The lowest BCUT2D eigenvalue weighted by Crippen LogP contribution is -2.42. The molecule has 0 fully saturated rings. The number of carbonyl (C=O) groups is 1. The van der Waals surface area contributed by atoms with Crippen molar-refractivity contribution in [2.45, 2.75) is 43.9 Å². The van der Waals surface area contributed by atoms with Gasteiger partial charge in [0, 0.05) is 17.7 Å². The van der Waals surface area contributed by atoms with E-state index in [1.807, 2.05) is 37.4 Å². The highest BCUT2D eigenvalue weighted by Gasteiger charge is 2.45. The minimum Gasteiger partial charge on any atom is -0.494 e. The molecule has 0 spiro atoms. The molecular weight excluding hydrogens is 442 g/mol. The zero-order valence-corrected chi connectivity index (χ0v) is 20.1. The molecule has 0 saturated carbocycles. The summed E-state index contributed by atoms with van der Waals surface area (Å²) in [7, 11) is 0. The van der Waals surface area contributed by atoms with E-state index in [2.05, 4.69) is 30.1 Å². The van der Waals surface area contributed by atoms with Crippen LogP contribution in [0.2, 0.25) is 0 Å². The summed E-state index contributed by atoms with van der Waals surface area (Å²) in [4.78, 5) is 15.3. The first kappa shape index (κ1) is 22.4.